The fraction of sp³-hybridized carbons (Fsp3) is 0.727. The van der Waals surface area contributed by atoms with Gasteiger partial charge in [0.25, 0.3) is 0 Å². The van der Waals surface area contributed by atoms with E-state index in [1.165, 1.54) is 6.33 Å². The van der Waals surface area contributed by atoms with Crippen molar-refractivity contribution < 1.29 is 4.79 Å². The van der Waals surface area contributed by atoms with Gasteiger partial charge in [-0.15, -0.1) is 0 Å². The number of hydrogen-bond acceptors (Lipinski definition) is 4. The second-order valence-electron chi connectivity index (χ2n) is 4.09. The molecule has 5 heteroatoms. The van der Waals surface area contributed by atoms with E-state index >= 15 is 0 Å². The van der Waals surface area contributed by atoms with Crippen molar-refractivity contribution in [3.8, 4) is 0 Å². The molecule has 0 aromatic carbocycles. The van der Waals surface area contributed by atoms with Crippen LogP contribution in [0.5, 0.6) is 0 Å². The molecule has 0 amide bonds. The second-order valence-corrected chi connectivity index (χ2v) is 4.09. The van der Waals surface area contributed by atoms with Gasteiger partial charge in [-0.05, 0) is 25.8 Å². The lowest BCUT2D eigenvalue weighted by atomic mass is 10.0. The van der Waals surface area contributed by atoms with Crippen molar-refractivity contribution >= 4 is 5.78 Å². The Morgan fingerprint density at radius 3 is 3.00 bits per heavy atom. The van der Waals surface area contributed by atoms with Crippen molar-refractivity contribution in [3.63, 3.8) is 0 Å². The molecule has 90 valence electrons. The largest absolute Gasteiger partial charge is 0.330 e. The minimum atomic E-state index is 0.211. The van der Waals surface area contributed by atoms with E-state index in [-0.39, 0.29) is 5.78 Å². The molecule has 2 N–H and O–H groups in total. The predicted molar refractivity (Wildman–Crippen MR) is 61.9 cm³/mol. The number of ketones is 1. The highest BCUT2D eigenvalue weighted by Crippen LogP contribution is 2.06. The first-order valence-corrected chi connectivity index (χ1v) is 5.75. The molecule has 1 unspecified atom stereocenters. The van der Waals surface area contributed by atoms with Gasteiger partial charge in [0, 0.05) is 13.0 Å². The number of carbonyl (C=O) groups is 1. The van der Waals surface area contributed by atoms with Crippen molar-refractivity contribution in [2.45, 2.75) is 39.7 Å². The van der Waals surface area contributed by atoms with E-state index in [0.29, 0.717) is 25.3 Å². The molecule has 0 spiro atoms. The molecule has 0 saturated heterocycles. The fourth-order valence-electron chi connectivity index (χ4n) is 1.48. The summed E-state index contributed by atoms with van der Waals surface area (Å²) in [6.45, 7) is 5.43. The Labute approximate surface area is 96.0 Å². The Kier molecular flexibility index (Phi) is 5.11. The van der Waals surface area contributed by atoms with E-state index in [1.54, 1.807) is 4.68 Å². The van der Waals surface area contributed by atoms with Crippen LogP contribution >= 0.6 is 0 Å². The minimum Gasteiger partial charge on any atom is -0.330 e. The van der Waals surface area contributed by atoms with Crippen LogP contribution in [0.4, 0.5) is 0 Å². The van der Waals surface area contributed by atoms with Crippen LogP contribution in [0.2, 0.25) is 0 Å². The lowest BCUT2D eigenvalue weighted by Crippen LogP contribution is -2.14. The maximum absolute atomic E-state index is 11.7. The highest BCUT2D eigenvalue weighted by atomic mass is 16.1. The quantitative estimate of drug-likeness (QED) is 0.743. The van der Waals surface area contributed by atoms with E-state index in [1.807, 2.05) is 6.92 Å². The van der Waals surface area contributed by atoms with Crippen LogP contribution < -0.4 is 5.73 Å². The Bertz CT molecular complexity index is 334. The molecule has 0 aliphatic carbocycles. The molecule has 0 bridgehead atoms. The Morgan fingerprint density at radius 1 is 1.62 bits per heavy atom. The van der Waals surface area contributed by atoms with Crippen LogP contribution in [-0.4, -0.2) is 27.1 Å². The standard InChI is InChI=1S/C11H20N4O/c1-3-15-11(13-8-14-15)6-10(16)5-4-9(2)7-12/h8-9H,3-7,12H2,1-2H3. The minimum absolute atomic E-state index is 0.211. The molecular weight excluding hydrogens is 204 g/mol. The molecule has 1 aromatic heterocycles. The molecule has 0 aliphatic heterocycles. The van der Waals surface area contributed by atoms with Gasteiger partial charge in [0.2, 0.25) is 0 Å². The van der Waals surface area contributed by atoms with Crippen LogP contribution in [0.1, 0.15) is 32.5 Å². The van der Waals surface area contributed by atoms with Gasteiger partial charge in [0.1, 0.15) is 17.9 Å². The Morgan fingerprint density at radius 2 is 2.38 bits per heavy atom. The van der Waals surface area contributed by atoms with Gasteiger partial charge in [-0.1, -0.05) is 6.92 Å². The lowest BCUT2D eigenvalue weighted by molar-refractivity contribution is -0.118. The first-order valence-electron chi connectivity index (χ1n) is 5.75. The summed E-state index contributed by atoms with van der Waals surface area (Å²) in [6, 6.07) is 0. The monoisotopic (exact) mass is 224 g/mol. The first kappa shape index (κ1) is 12.8. The van der Waals surface area contributed by atoms with E-state index in [0.717, 1.165) is 18.8 Å². The third-order valence-corrected chi connectivity index (χ3v) is 2.67. The first-order chi connectivity index (χ1) is 7.67. The molecule has 16 heavy (non-hydrogen) atoms. The maximum atomic E-state index is 11.7. The lowest BCUT2D eigenvalue weighted by Gasteiger charge is -2.07. The summed E-state index contributed by atoms with van der Waals surface area (Å²) in [7, 11) is 0. The molecule has 0 aliphatic rings. The third kappa shape index (κ3) is 3.73. The summed E-state index contributed by atoms with van der Waals surface area (Å²) in [5.41, 5.74) is 5.50. The zero-order chi connectivity index (χ0) is 12.0. The van der Waals surface area contributed by atoms with Crippen molar-refractivity contribution in [1.82, 2.24) is 14.8 Å². The number of rotatable bonds is 7. The molecule has 5 nitrogen and oxygen atoms in total. The van der Waals surface area contributed by atoms with Crippen molar-refractivity contribution in [1.29, 1.82) is 0 Å². The number of aryl methyl sites for hydroxylation is 1. The molecule has 0 saturated carbocycles. The van der Waals surface area contributed by atoms with Gasteiger partial charge in [0.05, 0.1) is 6.42 Å². The van der Waals surface area contributed by atoms with Crippen molar-refractivity contribution in [3.05, 3.63) is 12.2 Å². The Balaban J connectivity index is 2.40. The van der Waals surface area contributed by atoms with Crippen LogP contribution in [0.3, 0.4) is 0 Å². The predicted octanol–water partition coefficient (Wildman–Crippen LogP) is 0.785. The highest BCUT2D eigenvalue weighted by Gasteiger charge is 2.10. The molecular formula is C11H20N4O. The maximum Gasteiger partial charge on any atom is 0.140 e. The molecule has 1 atom stereocenters. The van der Waals surface area contributed by atoms with E-state index < -0.39 is 0 Å². The second kappa shape index (κ2) is 6.37. The number of nitrogens with two attached hydrogens (primary N) is 1. The molecule has 1 rings (SSSR count). The van der Waals surface area contributed by atoms with Crippen molar-refractivity contribution in [2.24, 2.45) is 11.7 Å². The number of aromatic nitrogens is 3. The molecule has 0 fully saturated rings. The topological polar surface area (TPSA) is 73.8 Å². The van der Waals surface area contributed by atoms with Gasteiger partial charge < -0.3 is 5.73 Å². The Hall–Kier alpha value is -1.23. The normalized spacial score (nSPS) is 12.7. The SMILES string of the molecule is CCn1ncnc1CC(=O)CCC(C)CN. The number of carbonyl (C=O) groups excluding carboxylic acids is 1. The van der Waals surface area contributed by atoms with Gasteiger partial charge >= 0.3 is 0 Å². The number of hydrogen-bond donors (Lipinski definition) is 1. The van der Waals surface area contributed by atoms with E-state index in [9.17, 15) is 4.79 Å². The van der Waals surface area contributed by atoms with Crippen LogP contribution in [-0.2, 0) is 17.8 Å². The van der Waals surface area contributed by atoms with Gasteiger partial charge in [0.15, 0.2) is 0 Å². The van der Waals surface area contributed by atoms with Gasteiger partial charge in [-0.3, -0.25) is 4.79 Å². The third-order valence-electron chi connectivity index (χ3n) is 2.67. The molecule has 1 heterocycles. The zero-order valence-corrected chi connectivity index (χ0v) is 10.0. The zero-order valence-electron chi connectivity index (χ0n) is 10.0. The average molecular weight is 224 g/mol. The smallest absolute Gasteiger partial charge is 0.140 e. The number of Topliss-reactive ketones (excluding diaryl/α,β-unsaturated/α-hetero) is 1. The van der Waals surface area contributed by atoms with E-state index in [4.69, 9.17) is 5.73 Å². The van der Waals surface area contributed by atoms with Crippen LogP contribution in [0.15, 0.2) is 6.33 Å². The molecule has 0 radical (unpaired) electrons. The fourth-order valence-corrected chi connectivity index (χ4v) is 1.48. The average Bonchev–Trinajstić information content (AvgIpc) is 2.73. The summed E-state index contributed by atoms with van der Waals surface area (Å²) in [5, 5.41) is 4.03. The van der Waals surface area contributed by atoms with Crippen LogP contribution in [0.25, 0.3) is 0 Å². The summed E-state index contributed by atoms with van der Waals surface area (Å²) in [6.07, 6.45) is 3.31. The molecule has 1 aromatic rings. The number of nitrogens with zero attached hydrogens (tertiary/aromatic N) is 3. The summed E-state index contributed by atoms with van der Waals surface area (Å²) in [5.74, 6) is 1.38. The van der Waals surface area contributed by atoms with Gasteiger partial charge in [-0.25, -0.2) is 9.67 Å². The summed E-state index contributed by atoms with van der Waals surface area (Å²) in [4.78, 5) is 15.8. The summed E-state index contributed by atoms with van der Waals surface area (Å²) < 4.78 is 1.75. The van der Waals surface area contributed by atoms with E-state index in [2.05, 4.69) is 17.0 Å². The van der Waals surface area contributed by atoms with Crippen LogP contribution in [0, 0.1) is 5.92 Å². The van der Waals surface area contributed by atoms with Crippen molar-refractivity contribution in [2.75, 3.05) is 6.54 Å². The van der Waals surface area contributed by atoms with Gasteiger partial charge in [-0.2, -0.15) is 5.10 Å². The highest BCUT2D eigenvalue weighted by molar-refractivity contribution is 5.80. The summed E-state index contributed by atoms with van der Waals surface area (Å²) >= 11 is 0.